The molecule has 118 heavy (non-hydrogen) atoms. The molecule has 0 aromatic carbocycles. The largest absolute Gasteiger partial charge is 0.492 e. The normalized spacial score (nSPS) is 19.6. The van der Waals surface area contributed by atoms with Gasteiger partial charge < -0.3 is 47.9 Å². The van der Waals surface area contributed by atoms with Crippen molar-refractivity contribution in [1.82, 2.24) is 104 Å². The number of hydrogen-bond donors (Lipinski definition) is 3. The van der Waals surface area contributed by atoms with Crippen molar-refractivity contribution in [2.24, 2.45) is 0 Å². The van der Waals surface area contributed by atoms with Gasteiger partial charge in [-0.2, -0.15) is 15.3 Å². The first kappa shape index (κ1) is 74.1. The highest BCUT2D eigenvalue weighted by atomic mass is 19.3. The van der Waals surface area contributed by atoms with Gasteiger partial charge in [0.1, 0.15) is 47.9 Å². The number of pyridine rings is 9. The Morgan fingerprint density at radius 1 is 0.407 bits per heavy atom. The Morgan fingerprint density at radius 3 is 1.07 bits per heavy atom. The number of ether oxygens (including phenoxy) is 7. The molecule has 0 spiro atoms. The molecule has 24 heterocycles. The maximum atomic E-state index is 12.8. The number of fused-ring (bicyclic) bond motifs is 15. The fraction of sp³-hybridized carbons (Fsp3) is 0.365. The second-order valence-corrected chi connectivity index (χ2v) is 31.2. The maximum Gasteiger partial charge on any atom is 0.272 e. The third-order valence-corrected chi connectivity index (χ3v) is 23.7. The highest BCUT2D eigenvalue weighted by molar-refractivity contribution is 6.03. The van der Waals surface area contributed by atoms with Gasteiger partial charge in [0, 0.05) is 184 Å². The molecule has 31 nitrogen and oxygen atoms in total. The summed E-state index contributed by atoms with van der Waals surface area (Å²) < 4.78 is 69.7. The summed E-state index contributed by atoms with van der Waals surface area (Å²) in [6.45, 7) is 11.6. The first-order chi connectivity index (χ1) is 58.0. The summed E-state index contributed by atoms with van der Waals surface area (Å²) in [6.07, 6.45) is 27.0. The number of aromatic nitrogens is 18. The summed E-state index contributed by atoms with van der Waals surface area (Å²) in [5.41, 5.74) is 14.2. The molecular weight excluding hydrogens is 1510 g/mol. The topological polar surface area (TPSA) is 299 Å². The van der Waals surface area contributed by atoms with Crippen LogP contribution in [0.15, 0.2) is 165 Å². The van der Waals surface area contributed by atoms with Gasteiger partial charge in [-0.05, 0) is 110 Å². The fourth-order valence-electron chi connectivity index (χ4n) is 17.6. The number of piperazine rings is 3. The molecule has 6 atom stereocenters. The number of rotatable bonds is 26. The molecule has 0 amide bonds. The number of alkyl halides is 2. The molecule has 1 aliphatic carbocycles. The number of hydrogen-bond acceptors (Lipinski definition) is 25. The Balaban J connectivity index is 0.000000114. The Labute approximate surface area is 675 Å². The lowest BCUT2D eigenvalue weighted by Gasteiger charge is -2.56. The van der Waals surface area contributed by atoms with Crippen LogP contribution in [0.5, 0.6) is 34.9 Å². The fourth-order valence-corrected chi connectivity index (χ4v) is 17.6. The number of nitrogens with zero attached hydrogens (tertiary/aromatic N) is 21. The molecule has 1 saturated carbocycles. The van der Waals surface area contributed by atoms with E-state index in [2.05, 4.69) is 152 Å². The Morgan fingerprint density at radius 2 is 0.763 bits per heavy atom. The molecule has 25 rings (SSSR count). The average Bonchev–Trinajstić information content (AvgIpc) is 1.53. The van der Waals surface area contributed by atoms with Crippen LogP contribution in [0.4, 0.5) is 26.2 Å². The predicted molar refractivity (Wildman–Crippen MR) is 438 cm³/mol. The molecule has 10 aliphatic rings. The van der Waals surface area contributed by atoms with Crippen LogP contribution >= 0.6 is 0 Å². The first-order valence-corrected chi connectivity index (χ1v) is 40.2. The van der Waals surface area contributed by atoms with E-state index in [4.69, 9.17) is 48.1 Å². The van der Waals surface area contributed by atoms with Crippen molar-refractivity contribution in [3.8, 4) is 68.3 Å². The van der Waals surface area contributed by atoms with E-state index in [1.165, 1.54) is 36.0 Å². The zero-order valence-corrected chi connectivity index (χ0v) is 65.6. The van der Waals surface area contributed by atoms with E-state index in [-0.39, 0.29) is 0 Å². The number of methoxy groups -OCH3 is 3. The second-order valence-electron chi connectivity index (χ2n) is 31.2. The highest BCUT2D eigenvalue weighted by Gasteiger charge is 2.47. The van der Waals surface area contributed by atoms with Gasteiger partial charge >= 0.3 is 0 Å². The third-order valence-electron chi connectivity index (χ3n) is 23.7. The first-order valence-electron chi connectivity index (χ1n) is 40.2. The summed E-state index contributed by atoms with van der Waals surface area (Å²) in [5.74, 6) is 6.73. The minimum absolute atomic E-state index is 0.309. The molecule has 6 bridgehead atoms. The van der Waals surface area contributed by atoms with Crippen LogP contribution in [0, 0.1) is 0 Å². The third kappa shape index (κ3) is 14.8. The van der Waals surface area contributed by atoms with Crippen molar-refractivity contribution in [3.05, 3.63) is 182 Å². The van der Waals surface area contributed by atoms with Gasteiger partial charge in [0.2, 0.25) is 17.6 Å². The zero-order chi connectivity index (χ0) is 79.5. The second kappa shape index (κ2) is 31.7. The molecule has 15 aromatic rings. The van der Waals surface area contributed by atoms with Gasteiger partial charge in [0.05, 0.1) is 111 Å². The molecule has 9 saturated heterocycles. The van der Waals surface area contributed by atoms with Crippen molar-refractivity contribution in [1.29, 1.82) is 0 Å². The van der Waals surface area contributed by atoms with E-state index in [1.807, 2.05) is 101 Å². The standard InChI is InChI=1S/C30H32N8O3.C28H30N8O2.C27H26F2N8O2/c1-39-28-7-2-19(12-32-28)15-37-21-10-22(37)17-36(16-21)27-6-3-20(13-31-27)25-11-24(41-9-8-40-23-4-5-23)18-38-29(25)26-14-33-34-30(26)35-38;1-3-8-38-22-10-23(27-24-13-31-32-28(24)33-36(27)17-22)19-5-6-25(29-12-19)34-15-20-9-21(16-34)35(20)14-18-4-7-26(37-2)30-11-18;1-38-25-5-2-16(8-31-25)11-36-18-6-19(36)13-35(12-18)24-4-3-17(9-30-24)21-7-20(39-15-23(28)29)14-37-26(21)22-10-32-33-27(22)34-37/h2-3,6-7,11-14,18,21-23H,4-5,8-10,15-17H2,1H3,(H,34,35);4-7,10-13,17,20-21H,3,8-9,14-16H2,1-2H3,(H,32,33);2-5,7-10,14,18-19,23H,6,11-13,15H2,1H3,(H,33,34). The van der Waals surface area contributed by atoms with Crippen LogP contribution in [0.2, 0.25) is 0 Å². The van der Waals surface area contributed by atoms with Crippen LogP contribution in [0.25, 0.3) is 83.0 Å². The molecule has 33 heteroatoms. The van der Waals surface area contributed by atoms with E-state index < -0.39 is 13.0 Å². The number of aromatic amines is 3. The summed E-state index contributed by atoms with van der Waals surface area (Å²) >= 11 is 0. The molecule has 15 aromatic heterocycles. The molecule has 0 radical (unpaired) electrons. The van der Waals surface area contributed by atoms with Crippen LogP contribution in [-0.2, 0) is 24.4 Å². The maximum absolute atomic E-state index is 12.8. The minimum Gasteiger partial charge on any atom is -0.492 e. The number of nitrogens with one attached hydrogen (secondary N) is 3. The Hall–Kier alpha value is -12.7. The van der Waals surface area contributed by atoms with Gasteiger partial charge in [-0.25, -0.2) is 52.2 Å². The van der Waals surface area contributed by atoms with Crippen LogP contribution < -0.4 is 43.1 Å². The van der Waals surface area contributed by atoms with E-state index in [1.54, 1.807) is 44.3 Å². The van der Waals surface area contributed by atoms with E-state index in [0.29, 0.717) is 91.2 Å². The van der Waals surface area contributed by atoms with Gasteiger partial charge in [0.25, 0.3) is 6.43 Å². The highest BCUT2D eigenvalue weighted by Crippen LogP contribution is 2.43. The summed E-state index contributed by atoms with van der Waals surface area (Å²) in [6, 6.07) is 33.6. The predicted octanol–water partition coefficient (Wildman–Crippen LogP) is 11.4. The number of piperidine rings is 3. The lowest BCUT2D eigenvalue weighted by atomic mass is 9.87. The molecule has 10 fully saturated rings. The molecule has 604 valence electrons. The van der Waals surface area contributed by atoms with E-state index in [9.17, 15) is 8.78 Å². The number of H-pyrrole nitrogens is 3. The van der Waals surface area contributed by atoms with Crippen molar-refractivity contribution in [3.63, 3.8) is 0 Å². The average molecular weight is 1600 g/mol. The van der Waals surface area contributed by atoms with E-state index in [0.717, 1.165) is 185 Å². The van der Waals surface area contributed by atoms with Crippen molar-refractivity contribution < 1.29 is 41.9 Å². The lowest BCUT2D eigenvalue weighted by Crippen LogP contribution is -2.68. The summed E-state index contributed by atoms with van der Waals surface area (Å²) in [7, 11) is 4.91. The number of halogens is 2. The number of anilines is 3. The van der Waals surface area contributed by atoms with Gasteiger partial charge in [-0.3, -0.25) is 30.0 Å². The molecule has 3 N–H and O–H groups in total. The SMILES string of the molecule is CCCOc1cc(-c2ccc(N3CC4CC(C3)N4Cc3ccc(OC)nc3)nc2)c2c3cn[nH]c3nn2c1.COc1ccc(CN2C3CC2CN(c2ccc(-c4cc(OCC(F)F)cn5nc6[nH]ncc6c45)cn2)C3)cn1.COc1ccc(CN2C3CC2CN(c2ccc(-c4cc(OCCOC5CC5)cn5nc6[nH]ncc6c45)cn2)C3)cn1. The van der Waals surface area contributed by atoms with Crippen molar-refractivity contribution in [2.75, 3.05) is 102 Å². The Kier molecular flexibility index (Phi) is 19.9. The monoisotopic (exact) mass is 1590 g/mol. The molecule has 9 aliphatic heterocycles. The minimum atomic E-state index is -2.57. The Bertz CT molecular complexity index is 6010. The lowest BCUT2D eigenvalue weighted by molar-refractivity contribution is -0.00879. The smallest absolute Gasteiger partial charge is 0.272 e. The molecule has 6 unspecified atom stereocenters. The van der Waals surface area contributed by atoms with Crippen LogP contribution in [-0.4, -0.2) is 240 Å². The summed E-state index contributed by atoms with van der Waals surface area (Å²) in [5, 5.41) is 37.9. The summed E-state index contributed by atoms with van der Waals surface area (Å²) in [4.78, 5) is 42.5. The quantitative estimate of drug-likeness (QED) is 0.0424. The van der Waals surface area contributed by atoms with Crippen LogP contribution in [0.1, 0.15) is 62.1 Å². The van der Waals surface area contributed by atoms with Gasteiger partial charge in [-0.1, -0.05) is 25.1 Å². The van der Waals surface area contributed by atoms with Crippen molar-refractivity contribution in [2.45, 2.75) is 114 Å². The molecular formula is C85H88F2N24O7. The zero-order valence-electron chi connectivity index (χ0n) is 65.6. The van der Waals surface area contributed by atoms with Crippen molar-refractivity contribution >= 4 is 67.1 Å². The van der Waals surface area contributed by atoms with Gasteiger partial charge in [0.15, 0.2) is 16.9 Å². The van der Waals surface area contributed by atoms with E-state index >= 15 is 0 Å². The van der Waals surface area contributed by atoms with Crippen LogP contribution in [0.3, 0.4) is 0 Å². The van der Waals surface area contributed by atoms with Gasteiger partial charge in [-0.15, -0.1) is 15.3 Å².